The number of rotatable bonds is 1. The highest BCUT2D eigenvalue weighted by Gasteiger charge is 2.16. The smallest absolute Gasteiger partial charge is 0.123 e. The fraction of sp³-hybridized carbons (Fsp3) is 0.333. The molecule has 0 aliphatic heterocycles. The summed E-state index contributed by atoms with van der Waals surface area (Å²) in [6.07, 6.45) is 3.09. The van der Waals surface area contributed by atoms with Gasteiger partial charge in [-0.15, -0.1) is 0 Å². The average Bonchev–Trinajstić information content (AvgIpc) is 2.46. The standard InChI is InChI=1S/C12H13F/c1-8(2)11-5-3-9-7-10(13)4-6-12(9)11/h4-8H,3H2,1-2H3. The summed E-state index contributed by atoms with van der Waals surface area (Å²) in [4.78, 5) is 0. The molecule has 68 valence electrons. The van der Waals surface area contributed by atoms with Gasteiger partial charge in [0.1, 0.15) is 5.82 Å². The highest BCUT2D eigenvalue weighted by atomic mass is 19.1. The molecule has 0 heterocycles. The number of halogens is 1. The molecule has 0 fully saturated rings. The van der Waals surface area contributed by atoms with E-state index in [1.807, 2.05) is 6.07 Å². The zero-order valence-electron chi connectivity index (χ0n) is 7.97. The maximum Gasteiger partial charge on any atom is 0.123 e. The average molecular weight is 176 g/mol. The molecular formula is C12H13F. The summed E-state index contributed by atoms with van der Waals surface area (Å²) >= 11 is 0. The molecule has 2 rings (SSSR count). The topological polar surface area (TPSA) is 0 Å². The number of allylic oxidation sites excluding steroid dienone is 2. The molecule has 0 saturated carbocycles. The van der Waals surface area contributed by atoms with Crippen molar-refractivity contribution in [2.24, 2.45) is 5.92 Å². The van der Waals surface area contributed by atoms with E-state index in [0.29, 0.717) is 5.92 Å². The van der Waals surface area contributed by atoms with Gasteiger partial charge in [0.05, 0.1) is 0 Å². The predicted molar refractivity (Wildman–Crippen MR) is 52.9 cm³/mol. The summed E-state index contributed by atoms with van der Waals surface area (Å²) in [5.74, 6) is 0.406. The molecule has 1 aromatic carbocycles. The minimum Gasteiger partial charge on any atom is -0.207 e. The van der Waals surface area contributed by atoms with Crippen LogP contribution in [-0.4, -0.2) is 0 Å². The monoisotopic (exact) mass is 176 g/mol. The van der Waals surface area contributed by atoms with Crippen LogP contribution in [0.2, 0.25) is 0 Å². The van der Waals surface area contributed by atoms with Crippen molar-refractivity contribution >= 4 is 5.57 Å². The van der Waals surface area contributed by atoms with Gasteiger partial charge >= 0.3 is 0 Å². The van der Waals surface area contributed by atoms with E-state index in [0.717, 1.165) is 12.0 Å². The molecule has 1 aromatic rings. The van der Waals surface area contributed by atoms with Crippen LogP contribution in [0, 0.1) is 11.7 Å². The molecule has 0 saturated heterocycles. The first-order valence-corrected chi connectivity index (χ1v) is 4.67. The Balaban J connectivity index is 2.45. The molecule has 0 spiro atoms. The van der Waals surface area contributed by atoms with Crippen molar-refractivity contribution in [1.29, 1.82) is 0 Å². The lowest BCUT2D eigenvalue weighted by molar-refractivity contribution is 0.626. The van der Waals surface area contributed by atoms with Gasteiger partial charge in [-0.2, -0.15) is 0 Å². The molecular weight excluding hydrogens is 163 g/mol. The third-order valence-electron chi connectivity index (χ3n) is 2.54. The lowest BCUT2D eigenvalue weighted by Crippen LogP contribution is -1.92. The molecule has 1 aliphatic rings. The largest absolute Gasteiger partial charge is 0.207 e. The van der Waals surface area contributed by atoms with Crippen molar-refractivity contribution in [1.82, 2.24) is 0 Å². The van der Waals surface area contributed by atoms with Crippen molar-refractivity contribution in [2.45, 2.75) is 20.3 Å². The van der Waals surface area contributed by atoms with E-state index >= 15 is 0 Å². The molecule has 0 atom stereocenters. The number of benzene rings is 1. The molecule has 0 aromatic heterocycles. The van der Waals surface area contributed by atoms with E-state index < -0.39 is 0 Å². The molecule has 1 aliphatic carbocycles. The van der Waals surface area contributed by atoms with Crippen molar-refractivity contribution in [2.75, 3.05) is 0 Å². The summed E-state index contributed by atoms with van der Waals surface area (Å²) in [7, 11) is 0. The SMILES string of the molecule is CC(C)C1=CCc2cc(F)ccc21. The highest BCUT2D eigenvalue weighted by Crippen LogP contribution is 2.32. The number of fused-ring (bicyclic) bond motifs is 1. The van der Waals surface area contributed by atoms with Gasteiger partial charge in [0.15, 0.2) is 0 Å². The summed E-state index contributed by atoms with van der Waals surface area (Å²) in [6.45, 7) is 4.34. The molecule has 0 nitrogen and oxygen atoms in total. The molecule has 13 heavy (non-hydrogen) atoms. The van der Waals surface area contributed by atoms with Crippen LogP contribution in [0.3, 0.4) is 0 Å². The Hall–Kier alpha value is -1.11. The molecule has 0 amide bonds. The summed E-state index contributed by atoms with van der Waals surface area (Å²) in [5, 5.41) is 0. The Morgan fingerprint density at radius 2 is 2.08 bits per heavy atom. The minimum absolute atomic E-state index is 0.128. The Labute approximate surface area is 78.1 Å². The van der Waals surface area contributed by atoms with Crippen LogP contribution < -0.4 is 0 Å². The minimum atomic E-state index is -0.128. The third kappa shape index (κ3) is 1.39. The van der Waals surface area contributed by atoms with Gasteiger partial charge in [-0.1, -0.05) is 26.0 Å². The van der Waals surface area contributed by atoms with Crippen LogP contribution in [-0.2, 0) is 6.42 Å². The van der Waals surface area contributed by atoms with Gasteiger partial charge in [0.2, 0.25) is 0 Å². The van der Waals surface area contributed by atoms with Crippen molar-refractivity contribution in [3.8, 4) is 0 Å². The Kier molecular flexibility index (Phi) is 1.95. The van der Waals surface area contributed by atoms with Gasteiger partial charge in [-0.25, -0.2) is 4.39 Å². The first-order valence-electron chi connectivity index (χ1n) is 4.67. The molecule has 0 N–H and O–H groups in total. The fourth-order valence-electron chi connectivity index (χ4n) is 1.89. The van der Waals surface area contributed by atoms with Crippen LogP contribution in [0.4, 0.5) is 4.39 Å². The van der Waals surface area contributed by atoms with Crippen LogP contribution >= 0.6 is 0 Å². The number of hydrogen-bond acceptors (Lipinski definition) is 0. The van der Waals surface area contributed by atoms with Crippen molar-refractivity contribution < 1.29 is 4.39 Å². The normalized spacial score (nSPS) is 14.6. The molecule has 0 radical (unpaired) electrons. The van der Waals surface area contributed by atoms with E-state index in [2.05, 4.69) is 19.9 Å². The highest BCUT2D eigenvalue weighted by molar-refractivity contribution is 5.74. The zero-order chi connectivity index (χ0) is 9.42. The Morgan fingerprint density at radius 3 is 2.77 bits per heavy atom. The van der Waals surface area contributed by atoms with Crippen LogP contribution in [0.25, 0.3) is 5.57 Å². The summed E-state index contributed by atoms with van der Waals surface area (Å²) < 4.78 is 12.9. The van der Waals surface area contributed by atoms with Crippen LogP contribution in [0.15, 0.2) is 24.3 Å². The molecule has 1 heteroatoms. The maximum atomic E-state index is 12.9. The van der Waals surface area contributed by atoms with E-state index in [-0.39, 0.29) is 5.82 Å². The molecule has 0 bridgehead atoms. The maximum absolute atomic E-state index is 12.9. The lowest BCUT2D eigenvalue weighted by Gasteiger charge is -2.08. The second-order valence-corrected chi connectivity index (χ2v) is 3.82. The van der Waals surface area contributed by atoms with Gasteiger partial charge < -0.3 is 0 Å². The van der Waals surface area contributed by atoms with Crippen LogP contribution in [0.1, 0.15) is 25.0 Å². The van der Waals surface area contributed by atoms with E-state index in [1.165, 1.54) is 11.1 Å². The number of hydrogen-bond donors (Lipinski definition) is 0. The van der Waals surface area contributed by atoms with Gasteiger partial charge in [-0.05, 0) is 41.2 Å². The molecule has 0 unspecified atom stereocenters. The van der Waals surface area contributed by atoms with E-state index in [9.17, 15) is 4.39 Å². The fourth-order valence-corrected chi connectivity index (χ4v) is 1.89. The lowest BCUT2D eigenvalue weighted by atomic mass is 9.97. The Morgan fingerprint density at radius 1 is 1.31 bits per heavy atom. The van der Waals surface area contributed by atoms with Crippen molar-refractivity contribution in [3.63, 3.8) is 0 Å². The quantitative estimate of drug-likeness (QED) is 0.615. The first kappa shape index (κ1) is 8.49. The predicted octanol–water partition coefficient (Wildman–Crippen LogP) is 3.42. The summed E-state index contributed by atoms with van der Waals surface area (Å²) in [5.41, 5.74) is 3.72. The van der Waals surface area contributed by atoms with Crippen molar-refractivity contribution in [3.05, 3.63) is 41.2 Å². The summed E-state index contributed by atoms with van der Waals surface area (Å²) in [6, 6.07) is 5.07. The zero-order valence-corrected chi connectivity index (χ0v) is 7.97. The van der Waals surface area contributed by atoms with Crippen LogP contribution in [0.5, 0.6) is 0 Å². The van der Waals surface area contributed by atoms with Gasteiger partial charge in [-0.3, -0.25) is 0 Å². The van der Waals surface area contributed by atoms with E-state index in [1.54, 1.807) is 12.1 Å². The second-order valence-electron chi connectivity index (χ2n) is 3.82. The second kappa shape index (κ2) is 2.99. The van der Waals surface area contributed by atoms with Gasteiger partial charge in [0, 0.05) is 0 Å². The third-order valence-corrected chi connectivity index (χ3v) is 2.54. The Bertz CT molecular complexity index is 361. The first-order chi connectivity index (χ1) is 6.18. The van der Waals surface area contributed by atoms with E-state index in [4.69, 9.17) is 0 Å². The van der Waals surface area contributed by atoms with Gasteiger partial charge in [0.25, 0.3) is 0 Å².